The van der Waals surface area contributed by atoms with E-state index in [9.17, 15) is 4.79 Å². The van der Waals surface area contributed by atoms with Crippen molar-refractivity contribution >= 4 is 5.91 Å². The molecule has 1 amide bonds. The highest BCUT2D eigenvalue weighted by molar-refractivity contribution is 5.76. The van der Waals surface area contributed by atoms with E-state index in [0.29, 0.717) is 25.4 Å². The van der Waals surface area contributed by atoms with E-state index >= 15 is 0 Å². The average Bonchev–Trinajstić information content (AvgIpc) is 2.31. The summed E-state index contributed by atoms with van der Waals surface area (Å²) in [6, 6.07) is 8.04. The Morgan fingerprint density at radius 2 is 2.12 bits per heavy atom. The highest BCUT2D eigenvalue weighted by atomic mass is 16.1. The second-order valence-corrected chi connectivity index (χ2v) is 4.80. The van der Waals surface area contributed by atoms with Gasteiger partial charge in [0.25, 0.3) is 0 Å². The normalized spacial score (nSPS) is 15.4. The summed E-state index contributed by atoms with van der Waals surface area (Å²) in [5.74, 6) is 0.804. The lowest BCUT2D eigenvalue weighted by Crippen LogP contribution is -2.27. The van der Waals surface area contributed by atoms with Crippen LogP contribution in [0.25, 0.3) is 0 Å². The largest absolute Gasteiger partial charge is 0.352 e. The van der Waals surface area contributed by atoms with Gasteiger partial charge in [-0.25, -0.2) is 0 Å². The van der Waals surface area contributed by atoms with Crippen molar-refractivity contribution in [3.8, 4) is 0 Å². The van der Waals surface area contributed by atoms with E-state index in [1.807, 2.05) is 24.3 Å². The third kappa shape index (κ3) is 3.56. The molecule has 1 aliphatic carbocycles. The number of carbonyl (C=O) groups excluding carboxylic acids is 1. The van der Waals surface area contributed by atoms with E-state index in [2.05, 4.69) is 5.32 Å². The fraction of sp³-hybridized carbons (Fsp3) is 0.500. The van der Waals surface area contributed by atoms with Crippen molar-refractivity contribution in [1.82, 2.24) is 5.32 Å². The molecule has 3 heteroatoms. The van der Waals surface area contributed by atoms with E-state index in [1.54, 1.807) is 0 Å². The standard InChI is InChI=1S/C14H20N2O/c15-9-12-5-2-6-13(7-12)10-16-14(17)8-11-3-1-4-11/h2,5-7,11H,1,3-4,8-10,15H2,(H,16,17). The van der Waals surface area contributed by atoms with Gasteiger partial charge in [-0.05, 0) is 29.9 Å². The Balaban J connectivity index is 1.77. The van der Waals surface area contributed by atoms with Crippen molar-refractivity contribution in [1.29, 1.82) is 0 Å². The van der Waals surface area contributed by atoms with Crippen LogP contribution in [0.1, 0.15) is 36.8 Å². The van der Waals surface area contributed by atoms with Crippen LogP contribution in [-0.4, -0.2) is 5.91 Å². The summed E-state index contributed by atoms with van der Waals surface area (Å²) < 4.78 is 0. The van der Waals surface area contributed by atoms with Crippen LogP contribution in [0.15, 0.2) is 24.3 Å². The van der Waals surface area contributed by atoms with Crippen molar-refractivity contribution in [3.63, 3.8) is 0 Å². The minimum Gasteiger partial charge on any atom is -0.352 e. The maximum absolute atomic E-state index is 11.6. The zero-order valence-electron chi connectivity index (χ0n) is 10.1. The number of carbonyl (C=O) groups is 1. The number of amides is 1. The van der Waals surface area contributed by atoms with Gasteiger partial charge in [0, 0.05) is 19.5 Å². The molecule has 1 fully saturated rings. The van der Waals surface area contributed by atoms with E-state index in [0.717, 1.165) is 11.1 Å². The predicted molar refractivity (Wildman–Crippen MR) is 68.1 cm³/mol. The molecule has 0 unspecified atom stereocenters. The maximum Gasteiger partial charge on any atom is 0.220 e. The quantitative estimate of drug-likeness (QED) is 0.815. The first-order chi connectivity index (χ1) is 8.28. The van der Waals surface area contributed by atoms with Crippen LogP contribution in [0, 0.1) is 5.92 Å². The fourth-order valence-electron chi connectivity index (χ4n) is 2.10. The molecule has 0 bridgehead atoms. The lowest BCUT2D eigenvalue weighted by atomic mass is 9.83. The van der Waals surface area contributed by atoms with Gasteiger partial charge in [0.1, 0.15) is 0 Å². The van der Waals surface area contributed by atoms with Crippen LogP contribution in [0.2, 0.25) is 0 Å². The number of hydrogen-bond acceptors (Lipinski definition) is 2. The number of rotatable bonds is 5. The first-order valence-electron chi connectivity index (χ1n) is 6.32. The molecule has 0 aliphatic heterocycles. The molecule has 1 aromatic rings. The average molecular weight is 232 g/mol. The number of benzene rings is 1. The van der Waals surface area contributed by atoms with Gasteiger partial charge < -0.3 is 11.1 Å². The highest BCUT2D eigenvalue weighted by Gasteiger charge is 2.20. The van der Waals surface area contributed by atoms with Crippen molar-refractivity contribution < 1.29 is 4.79 Å². The van der Waals surface area contributed by atoms with E-state index in [1.165, 1.54) is 19.3 Å². The molecule has 3 N–H and O–H groups in total. The Bertz CT molecular complexity index is 386. The summed E-state index contributed by atoms with van der Waals surface area (Å²) in [5.41, 5.74) is 7.81. The molecule has 2 rings (SSSR count). The van der Waals surface area contributed by atoms with E-state index in [4.69, 9.17) is 5.73 Å². The zero-order chi connectivity index (χ0) is 12.1. The Morgan fingerprint density at radius 1 is 1.35 bits per heavy atom. The second-order valence-electron chi connectivity index (χ2n) is 4.80. The summed E-state index contributed by atoms with van der Waals surface area (Å²) in [6.07, 6.45) is 4.42. The molecule has 17 heavy (non-hydrogen) atoms. The van der Waals surface area contributed by atoms with Crippen molar-refractivity contribution in [2.45, 2.75) is 38.8 Å². The highest BCUT2D eigenvalue weighted by Crippen LogP contribution is 2.29. The minimum absolute atomic E-state index is 0.174. The molecule has 0 saturated heterocycles. The number of nitrogens with one attached hydrogen (secondary N) is 1. The fourth-order valence-corrected chi connectivity index (χ4v) is 2.10. The van der Waals surface area contributed by atoms with Crippen LogP contribution in [-0.2, 0) is 17.9 Å². The van der Waals surface area contributed by atoms with E-state index in [-0.39, 0.29) is 5.91 Å². The lowest BCUT2D eigenvalue weighted by molar-refractivity contribution is -0.122. The molecule has 0 atom stereocenters. The van der Waals surface area contributed by atoms with Gasteiger partial charge in [-0.2, -0.15) is 0 Å². The van der Waals surface area contributed by atoms with Gasteiger partial charge in [-0.3, -0.25) is 4.79 Å². The second kappa shape index (κ2) is 5.82. The third-order valence-corrected chi connectivity index (χ3v) is 3.42. The molecule has 0 aromatic heterocycles. The zero-order valence-corrected chi connectivity index (χ0v) is 10.1. The van der Waals surface area contributed by atoms with Gasteiger partial charge in [-0.15, -0.1) is 0 Å². The molecular weight excluding hydrogens is 212 g/mol. The number of hydrogen-bond donors (Lipinski definition) is 2. The number of nitrogens with two attached hydrogens (primary N) is 1. The van der Waals surface area contributed by atoms with Gasteiger partial charge >= 0.3 is 0 Å². The molecule has 0 heterocycles. The molecule has 1 aromatic carbocycles. The van der Waals surface area contributed by atoms with Crippen LogP contribution >= 0.6 is 0 Å². The van der Waals surface area contributed by atoms with Crippen LogP contribution in [0.5, 0.6) is 0 Å². The first-order valence-corrected chi connectivity index (χ1v) is 6.32. The smallest absolute Gasteiger partial charge is 0.220 e. The molecule has 1 saturated carbocycles. The summed E-state index contributed by atoms with van der Waals surface area (Å²) in [5, 5.41) is 2.97. The molecule has 0 spiro atoms. The Morgan fingerprint density at radius 3 is 2.76 bits per heavy atom. The molecule has 0 radical (unpaired) electrons. The van der Waals surface area contributed by atoms with E-state index < -0.39 is 0 Å². The Kier molecular flexibility index (Phi) is 4.15. The predicted octanol–water partition coefficient (Wildman–Crippen LogP) is 1.95. The molecule has 3 nitrogen and oxygen atoms in total. The summed E-state index contributed by atoms with van der Waals surface area (Å²) >= 11 is 0. The van der Waals surface area contributed by atoms with Crippen molar-refractivity contribution in [3.05, 3.63) is 35.4 Å². The molecular formula is C14H20N2O. The third-order valence-electron chi connectivity index (χ3n) is 3.42. The molecule has 92 valence electrons. The lowest BCUT2D eigenvalue weighted by Gasteiger charge is -2.24. The van der Waals surface area contributed by atoms with Crippen molar-refractivity contribution in [2.75, 3.05) is 0 Å². The van der Waals surface area contributed by atoms with Gasteiger partial charge in [0.15, 0.2) is 0 Å². The van der Waals surface area contributed by atoms with Crippen LogP contribution in [0.3, 0.4) is 0 Å². The SMILES string of the molecule is NCc1cccc(CNC(=O)CC2CCC2)c1. The summed E-state index contributed by atoms with van der Waals surface area (Å²) in [6.45, 7) is 1.16. The Hall–Kier alpha value is -1.35. The summed E-state index contributed by atoms with van der Waals surface area (Å²) in [4.78, 5) is 11.6. The molecule has 1 aliphatic rings. The maximum atomic E-state index is 11.6. The minimum atomic E-state index is 0.174. The van der Waals surface area contributed by atoms with Crippen LogP contribution < -0.4 is 11.1 Å². The monoisotopic (exact) mass is 232 g/mol. The van der Waals surface area contributed by atoms with Crippen molar-refractivity contribution in [2.24, 2.45) is 11.7 Å². The van der Waals surface area contributed by atoms with Gasteiger partial charge in [0.05, 0.1) is 0 Å². The van der Waals surface area contributed by atoms with Crippen LogP contribution in [0.4, 0.5) is 0 Å². The Labute approximate surface area is 102 Å². The topological polar surface area (TPSA) is 55.1 Å². The first kappa shape index (κ1) is 12.1. The van der Waals surface area contributed by atoms with Gasteiger partial charge in [0.2, 0.25) is 5.91 Å². The van der Waals surface area contributed by atoms with Gasteiger partial charge in [-0.1, -0.05) is 30.7 Å². The summed E-state index contributed by atoms with van der Waals surface area (Å²) in [7, 11) is 0.